The summed E-state index contributed by atoms with van der Waals surface area (Å²) in [5.74, 6) is 1.09. The van der Waals surface area contributed by atoms with Crippen LogP contribution < -0.4 is 5.32 Å². The zero-order valence-corrected chi connectivity index (χ0v) is 14.8. The third-order valence-electron chi connectivity index (χ3n) is 5.15. The van der Waals surface area contributed by atoms with Crippen LogP contribution in [0.3, 0.4) is 0 Å². The molecule has 3 rings (SSSR count). The first-order valence-electron chi connectivity index (χ1n) is 8.12. The van der Waals surface area contributed by atoms with Gasteiger partial charge in [0.15, 0.2) is 14.6 Å². The van der Waals surface area contributed by atoms with Crippen LogP contribution in [0.15, 0.2) is 0 Å². The van der Waals surface area contributed by atoms with E-state index in [1.54, 1.807) is 0 Å². The van der Waals surface area contributed by atoms with Crippen LogP contribution in [-0.4, -0.2) is 56.4 Å². The van der Waals surface area contributed by atoms with Crippen molar-refractivity contribution in [3.05, 3.63) is 0 Å². The van der Waals surface area contributed by atoms with Crippen LogP contribution in [0.2, 0.25) is 0 Å². The fourth-order valence-electron chi connectivity index (χ4n) is 3.33. The zero-order valence-electron chi connectivity index (χ0n) is 13.2. The third kappa shape index (κ3) is 3.77. The van der Waals surface area contributed by atoms with Crippen LogP contribution in [0.4, 0.5) is 0 Å². The standard InChI is InChI=1S/C15H26N2O3S.ClH/c1-21(19,20)15(6-8-16-9-7-15)14(18)17(10-12-2-3-12)11-13-4-5-13;/h12-13,16H,2-11H2,1H3;1H. The van der Waals surface area contributed by atoms with E-state index in [0.29, 0.717) is 37.8 Å². The van der Waals surface area contributed by atoms with Crippen molar-refractivity contribution in [3.63, 3.8) is 0 Å². The van der Waals surface area contributed by atoms with Crippen molar-refractivity contribution in [1.29, 1.82) is 0 Å². The highest BCUT2D eigenvalue weighted by Crippen LogP contribution is 2.37. The lowest BCUT2D eigenvalue weighted by Gasteiger charge is -2.38. The van der Waals surface area contributed by atoms with E-state index < -0.39 is 14.6 Å². The Morgan fingerprint density at radius 3 is 1.91 bits per heavy atom. The predicted octanol–water partition coefficient (Wildman–Crippen LogP) is 1.22. The van der Waals surface area contributed by atoms with E-state index in [2.05, 4.69) is 5.32 Å². The molecule has 0 spiro atoms. The Hall–Kier alpha value is -0.330. The van der Waals surface area contributed by atoms with Crippen molar-refractivity contribution >= 4 is 28.2 Å². The van der Waals surface area contributed by atoms with Gasteiger partial charge in [0, 0.05) is 19.3 Å². The summed E-state index contributed by atoms with van der Waals surface area (Å²) in [6.45, 7) is 2.75. The number of nitrogens with zero attached hydrogens (tertiary/aromatic N) is 1. The van der Waals surface area contributed by atoms with Gasteiger partial charge in [0.25, 0.3) is 0 Å². The Balaban J connectivity index is 0.00000176. The minimum atomic E-state index is -3.39. The largest absolute Gasteiger partial charge is 0.341 e. The summed E-state index contributed by atoms with van der Waals surface area (Å²) in [5, 5.41) is 3.18. The Kier molecular flexibility index (Phi) is 5.45. The van der Waals surface area contributed by atoms with E-state index in [-0.39, 0.29) is 18.3 Å². The topological polar surface area (TPSA) is 66.5 Å². The average molecular weight is 351 g/mol. The molecule has 1 amide bonds. The lowest BCUT2D eigenvalue weighted by molar-refractivity contribution is -0.135. The van der Waals surface area contributed by atoms with Crippen LogP contribution >= 0.6 is 12.4 Å². The smallest absolute Gasteiger partial charge is 0.244 e. The molecule has 2 saturated carbocycles. The molecular formula is C15H27ClN2O3S. The molecule has 1 saturated heterocycles. The monoisotopic (exact) mass is 350 g/mol. The number of carbonyl (C=O) groups excluding carboxylic acids is 1. The molecule has 3 fully saturated rings. The maximum atomic E-state index is 13.1. The minimum absolute atomic E-state index is 0. The van der Waals surface area contributed by atoms with Crippen LogP contribution in [0.5, 0.6) is 0 Å². The summed E-state index contributed by atoms with van der Waals surface area (Å²) < 4.78 is 23.6. The molecule has 1 aliphatic heterocycles. The molecule has 0 atom stereocenters. The fraction of sp³-hybridized carbons (Fsp3) is 0.933. The van der Waals surface area contributed by atoms with Gasteiger partial charge >= 0.3 is 0 Å². The first-order chi connectivity index (χ1) is 9.92. The molecule has 3 aliphatic rings. The molecule has 0 bridgehead atoms. The quantitative estimate of drug-likeness (QED) is 0.782. The molecule has 0 aromatic heterocycles. The van der Waals surface area contributed by atoms with Gasteiger partial charge in [0.2, 0.25) is 5.91 Å². The second-order valence-corrected chi connectivity index (χ2v) is 9.44. The van der Waals surface area contributed by atoms with Crippen LogP contribution in [-0.2, 0) is 14.6 Å². The Morgan fingerprint density at radius 2 is 1.55 bits per heavy atom. The lowest BCUT2D eigenvalue weighted by Crippen LogP contribution is -2.58. The van der Waals surface area contributed by atoms with Crippen molar-refractivity contribution in [2.75, 3.05) is 32.4 Å². The van der Waals surface area contributed by atoms with E-state index in [9.17, 15) is 13.2 Å². The molecule has 0 unspecified atom stereocenters. The van der Waals surface area contributed by atoms with Crippen LogP contribution in [0.25, 0.3) is 0 Å². The molecule has 128 valence electrons. The second-order valence-electron chi connectivity index (χ2n) is 7.11. The summed E-state index contributed by atoms with van der Waals surface area (Å²) in [4.78, 5) is 15.0. The molecule has 1 heterocycles. The number of rotatable bonds is 6. The number of hydrogen-bond donors (Lipinski definition) is 1. The van der Waals surface area contributed by atoms with Gasteiger partial charge in [-0.25, -0.2) is 8.42 Å². The van der Waals surface area contributed by atoms with Crippen molar-refractivity contribution in [1.82, 2.24) is 10.2 Å². The second kappa shape index (κ2) is 6.65. The predicted molar refractivity (Wildman–Crippen MR) is 89.0 cm³/mol. The highest BCUT2D eigenvalue weighted by molar-refractivity contribution is 7.92. The number of piperidine rings is 1. The van der Waals surface area contributed by atoms with Crippen LogP contribution in [0.1, 0.15) is 38.5 Å². The summed E-state index contributed by atoms with van der Waals surface area (Å²) in [6.07, 6.45) is 6.79. The van der Waals surface area contributed by atoms with Gasteiger partial charge in [0.1, 0.15) is 0 Å². The van der Waals surface area contributed by atoms with E-state index in [1.807, 2.05) is 4.90 Å². The summed E-state index contributed by atoms with van der Waals surface area (Å²) in [7, 11) is -3.39. The third-order valence-corrected chi connectivity index (χ3v) is 7.15. The molecule has 2 aliphatic carbocycles. The first kappa shape index (κ1) is 18.0. The summed E-state index contributed by atoms with van der Waals surface area (Å²) in [6, 6.07) is 0. The van der Waals surface area contributed by atoms with Gasteiger partial charge in [-0.3, -0.25) is 4.79 Å². The number of sulfone groups is 1. The van der Waals surface area contributed by atoms with Gasteiger partial charge in [-0.05, 0) is 63.5 Å². The molecule has 0 aromatic carbocycles. The molecule has 5 nitrogen and oxygen atoms in total. The average Bonchev–Trinajstić information content (AvgIpc) is 3.32. The number of carbonyl (C=O) groups is 1. The fourth-order valence-corrected chi connectivity index (χ4v) is 4.72. The van der Waals surface area contributed by atoms with Crippen molar-refractivity contribution in [2.45, 2.75) is 43.3 Å². The highest BCUT2D eigenvalue weighted by atomic mass is 35.5. The van der Waals surface area contributed by atoms with E-state index in [0.717, 1.165) is 13.1 Å². The maximum absolute atomic E-state index is 13.1. The molecule has 1 N–H and O–H groups in total. The molecule has 0 aromatic rings. The molecular weight excluding hydrogens is 324 g/mol. The van der Waals surface area contributed by atoms with E-state index in [1.165, 1.54) is 31.9 Å². The SMILES string of the molecule is CS(=O)(=O)C1(C(=O)N(CC2CC2)CC2CC2)CCNCC1.Cl. The van der Waals surface area contributed by atoms with Gasteiger partial charge in [0.05, 0.1) is 0 Å². The van der Waals surface area contributed by atoms with Crippen molar-refractivity contribution in [2.24, 2.45) is 11.8 Å². The van der Waals surface area contributed by atoms with E-state index >= 15 is 0 Å². The highest BCUT2D eigenvalue weighted by Gasteiger charge is 2.51. The summed E-state index contributed by atoms with van der Waals surface area (Å²) >= 11 is 0. The number of halogens is 1. The number of nitrogens with one attached hydrogen (secondary N) is 1. The molecule has 22 heavy (non-hydrogen) atoms. The summed E-state index contributed by atoms with van der Waals surface area (Å²) in [5.41, 5.74) is 0. The van der Waals surface area contributed by atoms with Crippen LogP contribution in [0, 0.1) is 11.8 Å². The lowest BCUT2D eigenvalue weighted by atomic mass is 9.94. The van der Waals surface area contributed by atoms with Gasteiger partial charge < -0.3 is 10.2 Å². The zero-order chi connectivity index (χ0) is 15.1. The number of amides is 1. The maximum Gasteiger partial charge on any atom is 0.244 e. The minimum Gasteiger partial charge on any atom is -0.341 e. The Labute approximate surface area is 139 Å². The normalized spacial score (nSPS) is 24.4. The van der Waals surface area contributed by atoms with Crippen molar-refractivity contribution in [3.8, 4) is 0 Å². The molecule has 7 heteroatoms. The first-order valence-corrected chi connectivity index (χ1v) is 10.0. The Bertz CT molecular complexity index is 495. The van der Waals surface area contributed by atoms with Gasteiger partial charge in [-0.1, -0.05) is 0 Å². The van der Waals surface area contributed by atoms with Gasteiger partial charge in [-0.15, -0.1) is 12.4 Å². The Morgan fingerprint density at radius 1 is 1.09 bits per heavy atom. The number of hydrogen-bond acceptors (Lipinski definition) is 4. The van der Waals surface area contributed by atoms with E-state index in [4.69, 9.17) is 0 Å². The van der Waals surface area contributed by atoms with Gasteiger partial charge in [-0.2, -0.15) is 0 Å². The molecule has 0 radical (unpaired) electrons. The van der Waals surface area contributed by atoms with Crippen molar-refractivity contribution < 1.29 is 13.2 Å².